The van der Waals surface area contributed by atoms with Gasteiger partial charge in [0.1, 0.15) is 0 Å². The minimum Gasteiger partial charge on any atom is -0.258 e. The summed E-state index contributed by atoms with van der Waals surface area (Å²) in [4.78, 5) is 10.3. The summed E-state index contributed by atoms with van der Waals surface area (Å²) in [5.74, 6) is 0. The molecule has 0 amide bonds. The van der Waals surface area contributed by atoms with E-state index >= 15 is 0 Å². The summed E-state index contributed by atoms with van der Waals surface area (Å²) in [5.41, 5.74) is 2.13. The van der Waals surface area contributed by atoms with Crippen molar-refractivity contribution in [2.45, 2.75) is 9.65 Å². The van der Waals surface area contributed by atoms with E-state index in [1.165, 1.54) is 12.1 Å². The molecule has 20 heavy (non-hydrogen) atoms. The molecule has 2 rings (SSSR count). The molecule has 2 aromatic carbocycles. The zero-order valence-corrected chi connectivity index (χ0v) is 14.1. The van der Waals surface area contributed by atoms with Crippen molar-refractivity contribution in [1.82, 2.24) is 0 Å². The van der Waals surface area contributed by atoms with Gasteiger partial charge in [-0.2, -0.15) is 0 Å². The average Bonchev–Trinajstić information content (AvgIpc) is 2.46. The van der Waals surface area contributed by atoms with Crippen LogP contribution in [0.1, 0.15) is 20.8 Å². The van der Waals surface area contributed by atoms with Crippen LogP contribution in [0, 0.1) is 10.1 Å². The van der Waals surface area contributed by atoms with E-state index in [9.17, 15) is 10.1 Å². The summed E-state index contributed by atoms with van der Waals surface area (Å²) >= 11 is 13.1. The first kappa shape index (κ1) is 15.5. The number of alkyl halides is 2. The van der Waals surface area contributed by atoms with Gasteiger partial charge in [0, 0.05) is 17.2 Å². The first-order chi connectivity index (χ1) is 9.49. The number of hydrogen-bond donors (Lipinski definition) is 0. The molecular weight excluding hydrogens is 409 g/mol. The summed E-state index contributed by atoms with van der Waals surface area (Å²) in [6.07, 6.45) is 0. The lowest BCUT2D eigenvalue weighted by Gasteiger charge is -2.17. The molecule has 0 unspecified atom stereocenters. The molecule has 6 heteroatoms. The number of rotatable bonds is 4. The second-order valence-corrected chi connectivity index (χ2v) is 6.61. The second-order valence-electron chi connectivity index (χ2n) is 4.20. The Morgan fingerprint density at radius 3 is 1.70 bits per heavy atom. The monoisotopic (exact) mass is 417 g/mol. The van der Waals surface area contributed by atoms with E-state index in [2.05, 4.69) is 31.9 Å². The fourth-order valence-electron chi connectivity index (χ4n) is 1.76. The molecule has 2 aromatic rings. The summed E-state index contributed by atoms with van der Waals surface area (Å²) in [6.45, 7) is 0. The minimum absolute atomic E-state index is 0.00415. The van der Waals surface area contributed by atoms with Gasteiger partial charge in [0.05, 0.1) is 14.6 Å². The van der Waals surface area contributed by atoms with Gasteiger partial charge in [-0.3, -0.25) is 10.1 Å². The quantitative estimate of drug-likeness (QED) is 0.356. The van der Waals surface area contributed by atoms with Crippen LogP contribution in [0.15, 0.2) is 48.5 Å². The number of nitro groups is 1. The Morgan fingerprint density at radius 1 is 0.900 bits per heavy atom. The third kappa shape index (κ3) is 3.59. The van der Waals surface area contributed by atoms with E-state index in [0.717, 1.165) is 11.1 Å². The van der Waals surface area contributed by atoms with Crippen LogP contribution in [0.2, 0.25) is 5.02 Å². The fourth-order valence-corrected chi connectivity index (χ4v) is 3.11. The van der Waals surface area contributed by atoms with E-state index in [0.29, 0.717) is 5.02 Å². The maximum atomic E-state index is 10.6. The number of hydrogen-bond acceptors (Lipinski definition) is 2. The summed E-state index contributed by atoms with van der Waals surface area (Å²) < 4.78 is 0. The van der Waals surface area contributed by atoms with E-state index in [4.69, 9.17) is 11.6 Å². The molecule has 0 fully saturated rings. The van der Waals surface area contributed by atoms with Gasteiger partial charge in [-0.25, -0.2) is 0 Å². The Morgan fingerprint density at radius 2 is 1.30 bits per heavy atom. The SMILES string of the molecule is O=[N+]([O-])c1ccc([C@H](Br)[C@H](Br)c2ccc(Cl)cc2)cc1. The molecule has 0 bridgehead atoms. The molecule has 0 aliphatic carbocycles. The highest BCUT2D eigenvalue weighted by Crippen LogP contribution is 2.42. The molecule has 104 valence electrons. The summed E-state index contributed by atoms with van der Waals surface area (Å²) in [7, 11) is 0. The lowest BCUT2D eigenvalue weighted by molar-refractivity contribution is -0.384. The largest absolute Gasteiger partial charge is 0.269 e. The van der Waals surface area contributed by atoms with Gasteiger partial charge in [-0.15, -0.1) is 0 Å². The number of nitro benzene ring substituents is 1. The van der Waals surface area contributed by atoms with E-state index in [1.54, 1.807) is 12.1 Å². The molecule has 0 N–H and O–H groups in total. The molecule has 2 atom stereocenters. The van der Waals surface area contributed by atoms with Gasteiger partial charge in [-0.1, -0.05) is 67.7 Å². The predicted octanol–water partition coefficient (Wildman–Crippen LogP) is 5.82. The van der Waals surface area contributed by atoms with Gasteiger partial charge in [-0.05, 0) is 23.3 Å². The first-order valence-electron chi connectivity index (χ1n) is 5.77. The maximum absolute atomic E-state index is 10.6. The molecule has 0 aliphatic heterocycles. The Labute approximate surface area is 138 Å². The van der Waals surface area contributed by atoms with Crippen molar-refractivity contribution in [3.05, 3.63) is 74.8 Å². The third-order valence-electron chi connectivity index (χ3n) is 2.87. The molecule has 0 radical (unpaired) electrons. The standard InChI is InChI=1S/C14H10Br2ClNO2/c15-13(9-1-5-11(17)6-2-9)14(16)10-3-7-12(8-4-10)18(19)20/h1-8,13-14H/t13-,14+/m1/s1. The highest BCUT2D eigenvalue weighted by molar-refractivity contribution is 9.12. The van der Waals surface area contributed by atoms with Gasteiger partial charge in [0.2, 0.25) is 0 Å². The predicted molar refractivity (Wildman–Crippen MR) is 87.9 cm³/mol. The van der Waals surface area contributed by atoms with Gasteiger partial charge < -0.3 is 0 Å². The van der Waals surface area contributed by atoms with Crippen LogP contribution in [0.5, 0.6) is 0 Å². The van der Waals surface area contributed by atoms with Crippen LogP contribution in [0.3, 0.4) is 0 Å². The Balaban J connectivity index is 2.19. The molecule has 0 heterocycles. The van der Waals surface area contributed by atoms with Crippen LogP contribution in [0.4, 0.5) is 5.69 Å². The fraction of sp³-hybridized carbons (Fsp3) is 0.143. The Kier molecular flexibility index (Phi) is 5.18. The molecule has 0 saturated heterocycles. The lowest BCUT2D eigenvalue weighted by Crippen LogP contribution is -1.99. The van der Waals surface area contributed by atoms with Crippen LogP contribution in [-0.4, -0.2) is 4.92 Å². The summed E-state index contributed by atoms with van der Waals surface area (Å²) in [5, 5.41) is 11.3. The van der Waals surface area contributed by atoms with Crippen molar-refractivity contribution in [2.24, 2.45) is 0 Å². The van der Waals surface area contributed by atoms with Crippen molar-refractivity contribution in [2.75, 3.05) is 0 Å². The number of nitrogens with zero attached hydrogens (tertiary/aromatic N) is 1. The number of benzene rings is 2. The Hall–Kier alpha value is -0.910. The zero-order chi connectivity index (χ0) is 14.7. The van der Waals surface area contributed by atoms with E-state index < -0.39 is 4.92 Å². The van der Waals surface area contributed by atoms with E-state index in [1.807, 2.05) is 24.3 Å². The first-order valence-corrected chi connectivity index (χ1v) is 7.98. The topological polar surface area (TPSA) is 43.1 Å². The third-order valence-corrected chi connectivity index (χ3v) is 5.94. The maximum Gasteiger partial charge on any atom is 0.269 e. The van der Waals surface area contributed by atoms with Crippen LogP contribution < -0.4 is 0 Å². The highest BCUT2D eigenvalue weighted by Gasteiger charge is 2.20. The van der Waals surface area contributed by atoms with E-state index in [-0.39, 0.29) is 15.3 Å². The van der Waals surface area contributed by atoms with Crippen molar-refractivity contribution >= 4 is 49.1 Å². The summed E-state index contributed by atoms with van der Waals surface area (Å²) in [6, 6.07) is 14.1. The minimum atomic E-state index is -0.405. The second kappa shape index (κ2) is 6.70. The molecule has 0 spiro atoms. The Bertz CT molecular complexity index is 602. The molecule has 0 aromatic heterocycles. The van der Waals surface area contributed by atoms with Crippen LogP contribution in [-0.2, 0) is 0 Å². The molecular formula is C14H10Br2ClNO2. The van der Waals surface area contributed by atoms with Gasteiger partial charge in [0.15, 0.2) is 0 Å². The van der Waals surface area contributed by atoms with Crippen LogP contribution >= 0.6 is 43.5 Å². The normalized spacial score (nSPS) is 13.8. The van der Waals surface area contributed by atoms with Crippen molar-refractivity contribution in [3.8, 4) is 0 Å². The molecule has 0 aliphatic rings. The van der Waals surface area contributed by atoms with Crippen LogP contribution in [0.25, 0.3) is 0 Å². The average molecular weight is 420 g/mol. The highest BCUT2D eigenvalue weighted by atomic mass is 79.9. The zero-order valence-electron chi connectivity index (χ0n) is 10.2. The molecule has 0 saturated carbocycles. The smallest absolute Gasteiger partial charge is 0.258 e. The van der Waals surface area contributed by atoms with Gasteiger partial charge >= 0.3 is 0 Å². The number of halogens is 3. The van der Waals surface area contributed by atoms with Crippen molar-refractivity contribution in [3.63, 3.8) is 0 Å². The van der Waals surface area contributed by atoms with Crippen molar-refractivity contribution < 1.29 is 4.92 Å². The lowest BCUT2D eigenvalue weighted by atomic mass is 10.0. The number of non-ortho nitro benzene ring substituents is 1. The van der Waals surface area contributed by atoms with Crippen molar-refractivity contribution in [1.29, 1.82) is 0 Å². The van der Waals surface area contributed by atoms with Gasteiger partial charge in [0.25, 0.3) is 5.69 Å². The molecule has 3 nitrogen and oxygen atoms in total.